The summed E-state index contributed by atoms with van der Waals surface area (Å²) in [6, 6.07) is 9.07. The molecule has 1 N–H and O–H groups in total. The molecular weight excluding hydrogens is 335 g/mol. The molecule has 26 heavy (non-hydrogen) atoms. The van der Waals surface area contributed by atoms with Crippen molar-refractivity contribution >= 4 is 17.5 Å². The maximum Gasteiger partial charge on any atom is 0.229 e. The molecular formula is C18H17FN6O. The molecule has 3 aromatic heterocycles. The summed E-state index contributed by atoms with van der Waals surface area (Å²) >= 11 is 0. The van der Waals surface area contributed by atoms with E-state index >= 15 is 0 Å². The van der Waals surface area contributed by atoms with Gasteiger partial charge in [-0.25, -0.2) is 19.3 Å². The number of hydrogen-bond acceptors (Lipinski definition) is 7. The topological polar surface area (TPSA) is 76.1 Å². The highest BCUT2D eigenvalue weighted by Crippen LogP contribution is 2.21. The van der Waals surface area contributed by atoms with E-state index in [0.29, 0.717) is 11.5 Å². The third-order valence-corrected chi connectivity index (χ3v) is 4.02. The first kappa shape index (κ1) is 16.3. The van der Waals surface area contributed by atoms with Gasteiger partial charge in [0.25, 0.3) is 0 Å². The fourth-order valence-electron chi connectivity index (χ4n) is 2.69. The van der Waals surface area contributed by atoms with E-state index in [4.69, 9.17) is 4.74 Å². The van der Waals surface area contributed by atoms with Crippen molar-refractivity contribution in [2.24, 2.45) is 0 Å². The molecule has 0 bridgehead atoms. The largest absolute Gasteiger partial charge is 0.378 e. The van der Waals surface area contributed by atoms with Crippen LogP contribution in [0.15, 0.2) is 48.9 Å². The summed E-state index contributed by atoms with van der Waals surface area (Å²) in [6.07, 6.45) is 4.51. The normalized spacial score (nSPS) is 14.3. The van der Waals surface area contributed by atoms with Crippen molar-refractivity contribution in [3.05, 3.63) is 54.7 Å². The van der Waals surface area contributed by atoms with Crippen molar-refractivity contribution in [2.45, 2.75) is 0 Å². The molecule has 0 saturated carbocycles. The number of ether oxygens (including phenoxy) is 1. The van der Waals surface area contributed by atoms with Gasteiger partial charge in [-0.3, -0.25) is 4.98 Å². The third kappa shape index (κ3) is 3.60. The Bertz CT molecular complexity index is 869. The van der Waals surface area contributed by atoms with Gasteiger partial charge in [0, 0.05) is 19.3 Å². The molecule has 4 heterocycles. The van der Waals surface area contributed by atoms with Gasteiger partial charge in [0.2, 0.25) is 5.95 Å². The van der Waals surface area contributed by atoms with Crippen LogP contribution in [0, 0.1) is 5.82 Å². The summed E-state index contributed by atoms with van der Waals surface area (Å²) in [5.74, 6) is 0.323. The van der Waals surface area contributed by atoms with Crippen LogP contribution in [0.2, 0.25) is 0 Å². The molecule has 0 amide bonds. The minimum absolute atomic E-state index is 0.146. The first-order chi connectivity index (χ1) is 12.8. The van der Waals surface area contributed by atoms with E-state index in [-0.39, 0.29) is 11.6 Å². The minimum atomic E-state index is -0.523. The molecule has 1 aliphatic rings. The molecule has 8 heteroatoms. The van der Waals surface area contributed by atoms with Gasteiger partial charge in [-0.2, -0.15) is 0 Å². The molecule has 1 aliphatic heterocycles. The van der Waals surface area contributed by atoms with E-state index in [1.165, 1.54) is 0 Å². The molecule has 0 aliphatic carbocycles. The molecule has 0 atom stereocenters. The van der Waals surface area contributed by atoms with Crippen LogP contribution >= 0.6 is 0 Å². The van der Waals surface area contributed by atoms with E-state index in [0.717, 1.165) is 38.2 Å². The highest BCUT2D eigenvalue weighted by molar-refractivity contribution is 5.59. The molecule has 0 spiro atoms. The average Bonchev–Trinajstić information content (AvgIpc) is 2.71. The number of aromatic nitrogens is 4. The van der Waals surface area contributed by atoms with Crippen molar-refractivity contribution in [3.8, 4) is 11.4 Å². The molecule has 1 saturated heterocycles. The Morgan fingerprint density at radius 1 is 1.00 bits per heavy atom. The Morgan fingerprint density at radius 2 is 1.88 bits per heavy atom. The highest BCUT2D eigenvalue weighted by Gasteiger charge is 2.13. The molecule has 7 nitrogen and oxygen atoms in total. The van der Waals surface area contributed by atoms with Gasteiger partial charge in [0.1, 0.15) is 11.5 Å². The second-order valence-corrected chi connectivity index (χ2v) is 5.73. The number of morpholine rings is 1. The van der Waals surface area contributed by atoms with Crippen LogP contribution in [-0.2, 0) is 4.74 Å². The summed E-state index contributed by atoms with van der Waals surface area (Å²) < 4.78 is 19.4. The first-order valence-electron chi connectivity index (χ1n) is 8.29. The van der Waals surface area contributed by atoms with E-state index in [2.05, 4.69) is 30.2 Å². The van der Waals surface area contributed by atoms with Gasteiger partial charge < -0.3 is 15.0 Å². The van der Waals surface area contributed by atoms with Crippen molar-refractivity contribution in [2.75, 3.05) is 36.5 Å². The lowest BCUT2D eigenvalue weighted by molar-refractivity contribution is 0.122. The van der Waals surface area contributed by atoms with Crippen molar-refractivity contribution < 1.29 is 9.13 Å². The summed E-state index contributed by atoms with van der Waals surface area (Å²) in [5.41, 5.74) is 1.63. The lowest BCUT2D eigenvalue weighted by Crippen LogP contribution is -2.36. The van der Waals surface area contributed by atoms with Gasteiger partial charge in [-0.1, -0.05) is 6.07 Å². The predicted molar refractivity (Wildman–Crippen MR) is 95.8 cm³/mol. The van der Waals surface area contributed by atoms with Crippen LogP contribution in [-0.4, -0.2) is 46.2 Å². The minimum Gasteiger partial charge on any atom is -0.378 e. The molecule has 0 unspecified atom stereocenters. The SMILES string of the molecule is Fc1cnc(Nc2ccc(N3CCOCC3)cn2)nc1-c1ccccn1. The van der Waals surface area contributed by atoms with Crippen molar-refractivity contribution in [1.82, 2.24) is 19.9 Å². The monoisotopic (exact) mass is 352 g/mol. The zero-order valence-electron chi connectivity index (χ0n) is 14.0. The molecule has 0 aromatic carbocycles. The average molecular weight is 352 g/mol. The summed E-state index contributed by atoms with van der Waals surface area (Å²) in [5, 5.41) is 3.00. The number of nitrogens with zero attached hydrogens (tertiary/aromatic N) is 5. The van der Waals surface area contributed by atoms with E-state index in [9.17, 15) is 4.39 Å². The van der Waals surface area contributed by atoms with Crippen molar-refractivity contribution in [1.29, 1.82) is 0 Å². The van der Waals surface area contributed by atoms with Crippen LogP contribution in [0.4, 0.5) is 21.8 Å². The second-order valence-electron chi connectivity index (χ2n) is 5.73. The lowest BCUT2D eigenvalue weighted by atomic mass is 10.2. The summed E-state index contributed by atoms with van der Waals surface area (Å²) in [6.45, 7) is 3.14. The van der Waals surface area contributed by atoms with Crippen LogP contribution < -0.4 is 10.2 Å². The molecule has 3 aromatic rings. The number of halogens is 1. The van der Waals surface area contributed by atoms with Crippen LogP contribution in [0.3, 0.4) is 0 Å². The fourth-order valence-corrected chi connectivity index (χ4v) is 2.69. The van der Waals surface area contributed by atoms with Gasteiger partial charge in [-0.05, 0) is 24.3 Å². The van der Waals surface area contributed by atoms with Crippen LogP contribution in [0.1, 0.15) is 0 Å². The Labute approximate surface area is 149 Å². The zero-order chi connectivity index (χ0) is 17.8. The third-order valence-electron chi connectivity index (χ3n) is 4.02. The number of hydrogen-bond donors (Lipinski definition) is 1. The molecule has 132 valence electrons. The number of pyridine rings is 2. The van der Waals surface area contributed by atoms with Crippen LogP contribution in [0.25, 0.3) is 11.4 Å². The second kappa shape index (κ2) is 7.40. The number of nitrogens with one attached hydrogen (secondary N) is 1. The molecule has 4 rings (SSSR count). The standard InChI is InChI=1S/C18H17FN6O/c19-14-12-22-18(24-17(14)15-3-1-2-6-20-15)23-16-5-4-13(11-21-16)25-7-9-26-10-8-25/h1-6,11-12H,7-10H2,(H,21,22,23,24). The first-order valence-corrected chi connectivity index (χ1v) is 8.29. The lowest BCUT2D eigenvalue weighted by Gasteiger charge is -2.28. The summed E-state index contributed by atoms with van der Waals surface area (Å²) in [7, 11) is 0. The van der Waals surface area contributed by atoms with Crippen LogP contribution in [0.5, 0.6) is 0 Å². The van der Waals surface area contributed by atoms with Gasteiger partial charge in [0.05, 0.1) is 37.0 Å². The van der Waals surface area contributed by atoms with E-state index in [1.54, 1.807) is 30.6 Å². The van der Waals surface area contributed by atoms with Gasteiger partial charge in [0.15, 0.2) is 5.82 Å². The Hall–Kier alpha value is -3.13. The van der Waals surface area contributed by atoms with E-state index in [1.807, 2.05) is 12.1 Å². The maximum absolute atomic E-state index is 14.0. The number of anilines is 3. The Kier molecular flexibility index (Phi) is 4.65. The Morgan fingerprint density at radius 3 is 2.62 bits per heavy atom. The van der Waals surface area contributed by atoms with Gasteiger partial charge >= 0.3 is 0 Å². The quantitative estimate of drug-likeness (QED) is 0.773. The fraction of sp³-hybridized carbons (Fsp3) is 0.222. The number of rotatable bonds is 4. The van der Waals surface area contributed by atoms with E-state index < -0.39 is 5.82 Å². The zero-order valence-corrected chi connectivity index (χ0v) is 14.0. The summed E-state index contributed by atoms with van der Waals surface area (Å²) in [4.78, 5) is 18.9. The maximum atomic E-state index is 14.0. The molecule has 1 fully saturated rings. The van der Waals surface area contributed by atoms with Gasteiger partial charge in [-0.15, -0.1) is 0 Å². The predicted octanol–water partition coefficient (Wildman–Crippen LogP) is 2.65. The van der Waals surface area contributed by atoms with Crippen molar-refractivity contribution in [3.63, 3.8) is 0 Å². The smallest absolute Gasteiger partial charge is 0.229 e. The highest BCUT2D eigenvalue weighted by atomic mass is 19.1. The Balaban J connectivity index is 1.52. The molecule has 0 radical (unpaired) electrons.